The van der Waals surface area contributed by atoms with E-state index in [-0.39, 0.29) is 24.7 Å². The molecule has 1 aromatic carbocycles. The number of fused-ring (bicyclic) bond motifs is 2. The van der Waals surface area contributed by atoms with Gasteiger partial charge in [-0.3, -0.25) is 15.8 Å². The highest BCUT2D eigenvalue weighted by Gasteiger charge is 2.97. The Morgan fingerprint density at radius 1 is 1.25 bits per heavy atom. The van der Waals surface area contributed by atoms with E-state index in [1.54, 1.807) is 0 Å². The van der Waals surface area contributed by atoms with Crippen LogP contribution in [0.2, 0.25) is 0 Å². The Labute approximate surface area is 136 Å². The maximum atomic E-state index is 10.8. The maximum Gasteiger partial charge on any atom is 0.343 e. The summed E-state index contributed by atoms with van der Waals surface area (Å²) in [6.45, 7) is 0.552. The lowest BCUT2D eigenvalue weighted by Gasteiger charge is -2.23. The third-order valence-electron chi connectivity index (χ3n) is 5.13. The molecular formula is C15H12N5O4+. The first-order chi connectivity index (χ1) is 11.5. The normalized spacial score (nSPS) is 34.9. The fourth-order valence-corrected chi connectivity index (χ4v) is 4.11. The number of nitrogens with zero attached hydrogens (tertiary/aromatic N) is 3. The fraction of sp³-hybridized carbons (Fsp3) is 0.400. The summed E-state index contributed by atoms with van der Waals surface area (Å²) in [7, 11) is 0. The van der Waals surface area contributed by atoms with Crippen LogP contribution in [0.15, 0.2) is 24.3 Å². The number of ether oxygens (including phenoxy) is 2. The summed E-state index contributed by atoms with van der Waals surface area (Å²) >= 11 is 0. The standard InChI is InChI=1S/C15H11N5O4/c16-7-13-11(9-1-3-10(4-2-9)20(21)22)14(13,8-17)15(19-12(13)18)23-5-6-24-15/h1-4,11H,5-6H2,(H2,18,19)/p+1/t11-,13+,14+/m0/s1. The summed E-state index contributed by atoms with van der Waals surface area (Å²) in [6.07, 6.45) is 0. The smallest absolute Gasteiger partial charge is 0.311 e. The van der Waals surface area contributed by atoms with Gasteiger partial charge in [0.2, 0.25) is 0 Å². The first-order valence-electron chi connectivity index (χ1n) is 7.25. The van der Waals surface area contributed by atoms with Crippen molar-refractivity contribution in [2.75, 3.05) is 13.2 Å². The van der Waals surface area contributed by atoms with E-state index in [1.807, 2.05) is 0 Å². The number of nitrogens with two attached hydrogens (primary N) is 1. The fourth-order valence-electron chi connectivity index (χ4n) is 4.11. The molecule has 0 bridgehead atoms. The van der Waals surface area contributed by atoms with Gasteiger partial charge in [0.15, 0.2) is 10.8 Å². The van der Waals surface area contributed by atoms with Crippen LogP contribution in [0.25, 0.3) is 0 Å². The second-order valence-corrected chi connectivity index (χ2v) is 5.97. The van der Waals surface area contributed by atoms with Gasteiger partial charge < -0.3 is 9.47 Å². The molecule has 1 saturated carbocycles. The Hall–Kier alpha value is -3.01. The highest BCUT2D eigenvalue weighted by molar-refractivity contribution is 5.95. The van der Waals surface area contributed by atoms with Gasteiger partial charge in [0.05, 0.1) is 30.3 Å². The zero-order valence-electron chi connectivity index (χ0n) is 12.4. The number of hydrogen-bond donors (Lipinski definition) is 2. The van der Waals surface area contributed by atoms with Crippen LogP contribution in [0.3, 0.4) is 0 Å². The van der Waals surface area contributed by atoms with Gasteiger partial charge in [-0.1, -0.05) is 12.1 Å². The van der Waals surface area contributed by atoms with E-state index in [9.17, 15) is 20.6 Å². The summed E-state index contributed by atoms with van der Waals surface area (Å²) in [6, 6.07) is 10.1. The molecule has 2 aliphatic heterocycles. The van der Waals surface area contributed by atoms with E-state index >= 15 is 0 Å². The Morgan fingerprint density at radius 2 is 1.88 bits per heavy atom. The molecule has 1 spiro atoms. The first-order valence-corrected chi connectivity index (χ1v) is 7.25. The molecule has 4 rings (SSSR count). The van der Waals surface area contributed by atoms with E-state index in [0.717, 1.165) is 0 Å². The van der Waals surface area contributed by atoms with Crippen LogP contribution in [-0.2, 0) is 9.47 Å². The molecule has 9 nitrogen and oxygen atoms in total. The second-order valence-electron chi connectivity index (χ2n) is 5.97. The van der Waals surface area contributed by atoms with Crippen molar-refractivity contribution in [2.24, 2.45) is 16.6 Å². The van der Waals surface area contributed by atoms with Gasteiger partial charge >= 0.3 is 5.91 Å². The van der Waals surface area contributed by atoms with E-state index in [2.05, 4.69) is 17.1 Å². The topological polar surface area (TPSA) is 149 Å². The summed E-state index contributed by atoms with van der Waals surface area (Å²) in [5.74, 6) is -1.94. The zero-order valence-corrected chi connectivity index (χ0v) is 12.4. The number of rotatable bonds is 2. The second kappa shape index (κ2) is 4.29. The van der Waals surface area contributed by atoms with Crippen molar-refractivity contribution in [3.8, 4) is 12.1 Å². The minimum Gasteiger partial charge on any atom is -0.311 e. The van der Waals surface area contributed by atoms with E-state index in [1.165, 1.54) is 24.3 Å². The largest absolute Gasteiger partial charge is 0.343 e. The van der Waals surface area contributed by atoms with Gasteiger partial charge in [-0.2, -0.15) is 10.5 Å². The minimum atomic E-state index is -1.46. The van der Waals surface area contributed by atoms with Crippen LogP contribution < -0.4 is 10.7 Å². The summed E-state index contributed by atoms with van der Waals surface area (Å²) in [5, 5.41) is 30.5. The molecule has 1 aromatic rings. The Balaban J connectivity index is 1.86. The molecule has 0 unspecified atom stereocenters. The number of nitriles is 2. The molecular weight excluding hydrogens is 314 g/mol. The molecule has 1 saturated heterocycles. The van der Waals surface area contributed by atoms with Gasteiger partial charge in [0.25, 0.3) is 11.5 Å². The Kier molecular flexibility index (Phi) is 2.61. The number of benzene rings is 1. The van der Waals surface area contributed by atoms with Crippen LogP contribution in [0.5, 0.6) is 0 Å². The lowest BCUT2D eigenvalue weighted by Crippen LogP contribution is -2.89. The van der Waals surface area contributed by atoms with Gasteiger partial charge in [-0.15, -0.1) is 0 Å². The van der Waals surface area contributed by atoms with Crippen molar-refractivity contribution in [2.45, 2.75) is 11.8 Å². The average Bonchev–Trinajstić information content (AvgIpc) is 2.84. The summed E-state index contributed by atoms with van der Waals surface area (Å²) < 4.78 is 11.3. The predicted molar refractivity (Wildman–Crippen MR) is 76.7 cm³/mol. The number of non-ortho nitro benzene ring substituents is 1. The van der Waals surface area contributed by atoms with E-state index < -0.39 is 27.6 Å². The number of nitrogens with one attached hydrogen (secondary N) is 1. The van der Waals surface area contributed by atoms with Gasteiger partial charge in [-0.25, -0.2) is 4.99 Å². The number of nitro groups is 1. The molecule has 3 N–H and O–H groups in total. The highest BCUT2D eigenvalue weighted by atomic mass is 16.8. The molecule has 2 fully saturated rings. The zero-order chi connectivity index (χ0) is 17.2. The van der Waals surface area contributed by atoms with Gasteiger partial charge in [0.1, 0.15) is 0 Å². The van der Waals surface area contributed by atoms with Crippen LogP contribution >= 0.6 is 0 Å². The van der Waals surface area contributed by atoms with Crippen LogP contribution in [-0.4, -0.2) is 29.9 Å². The van der Waals surface area contributed by atoms with Crippen molar-refractivity contribution in [3.63, 3.8) is 0 Å². The molecule has 120 valence electrons. The van der Waals surface area contributed by atoms with Crippen LogP contribution in [0.1, 0.15) is 11.5 Å². The Morgan fingerprint density at radius 3 is 2.38 bits per heavy atom. The average molecular weight is 326 g/mol. The maximum absolute atomic E-state index is 10.8. The molecule has 3 atom stereocenters. The third-order valence-corrected chi connectivity index (χ3v) is 5.13. The van der Waals surface area contributed by atoms with Crippen LogP contribution in [0, 0.1) is 43.6 Å². The predicted octanol–water partition coefficient (Wildman–Crippen LogP) is -1.14. The number of nitro benzene ring substituents is 1. The van der Waals surface area contributed by atoms with Crippen molar-refractivity contribution in [1.29, 1.82) is 10.5 Å². The SMILES string of the molecule is N#C[C@@]12C(N)=[NH+]C3(OCCO3)[C@]1(C#N)[C@H]2c1ccc([N+](=O)[O-])cc1. The summed E-state index contributed by atoms with van der Waals surface area (Å²) in [5.41, 5.74) is 3.94. The lowest BCUT2D eigenvalue weighted by atomic mass is 9.94. The molecule has 24 heavy (non-hydrogen) atoms. The van der Waals surface area contributed by atoms with E-state index in [4.69, 9.17) is 15.2 Å². The molecule has 2 heterocycles. The number of hydrogen-bond acceptors (Lipinski definition) is 7. The van der Waals surface area contributed by atoms with Gasteiger partial charge in [0, 0.05) is 18.1 Å². The van der Waals surface area contributed by atoms with Crippen molar-refractivity contribution in [3.05, 3.63) is 39.9 Å². The quantitative estimate of drug-likeness (QED) is 0.515. The summed E-state index contributed by atoms with van der Waals surface area (Å²) in [4.78, 5) is 13.1. The number of amidine groups is 1. The highest BCUT2D eigenvalue weighted by Crippen LogP contribution is 2.79. The molecule has 0 aromatic heterocycles. The molecule has 3 aliphatic rings. The minimum absolute atomic E-state index is 0.0697. The first kappa shape index (κ1) is 14.6. The van der Waals surface area contributed by atoms with Crippen molar-refractivity contribution in [1.82, 2.24) is 0 Å². The van der Waals surface area contributed by atoms with Crippen molar-refractivity contribution >= 4 is 11.5 Å². The van der Waals surface area contributed by atoms with Gasteiger partial charge in [-0.05, 0) is 5.56 Å². The Bertz CT molecular complexity index is 861. The molecule has 9 heteroatoms. The monoisotopic (exact) mass is 326 g/mol. The molecule has 0 amide bonds. The lowest BCUT2D eigenvalue weighted by molar-refractivity contribution is -0.676. The van der Waals surface area contributed by atoms with E-state index in [0.29, 0.717) is 5.56 Å². The molecule has 0 radical (unpaired) electrons. The molecule has 1 aliphatic carbocycles. The van der Waals surface area contributed by atoms with Crippen LogP contribution in [0.4, 0.5) is 5.69 Å². The third kappa shape index (κ3) is 1.29. The van der Waals surface area contributed by atoms with Crippen molar-refractivity contribution < 1.29 is 19.4 Å².